The summed E-state index contributed by atoms with van der Waals surface area (Å²) in [5, 5.41) is 2.95. The zero-order chi connectivity index (χ0) is 15.0. The molecule has 0 aliphatic carbocycles. The van der Waals surface area contributed by atoms with E-state index in [1.807, 2.05) is 0 Å². The number of nitrogens with one attached hydrogen (secondary N) is 1. The Morgan fingerprint density at radius 2 is 2.15 bits per heavy atom. The van der Waals surface area contributed by atoms with E-state index in [-0.39, 0.29) is 6.61 Å². The summed E-state index contributed by atoms with van der Waals surface area (Å²) in [6, 6.07) is 6.78. The van der Waals surface area contributed by atoms with Crippen LogP contribution in [0.3, 0.4) is 0 Å². The Labute approximate surface area is 122 Å². The van der Waals surface area contributed by atoms with Gasteiger partial charge in [-0.3, -0.25) is 4.79 Å². The van der Waals surface area contributed by atoms with Gasteiger partial charge in [0.1, 0.15) is 0 Å². The van der Waals surface area contributed by atoms with Crippen LogP contribution in [0, 0.1) is 0 Å². The molecule has 0 aromatic heterocycles. The first kappa shape index (κ1) is 16.2. The number of halogens is 1. The van der Waals surface area contributed by atoms with E-state index in [1.165, 1.54) is 13.0 Å². The predicted molar refractivity (Wildman–Crippen MR) is 76.7 cm³/mol. The molecular weight excluding hydrogens is 282 g/mol. The van der Waals surface area contributed by atoms with E-state index in [1.54, 1.807) is 24.3 Å². The van der Waals surface area contributed by atoms with Crippen molar-refractivity contribution < 1.29 is 19.1 Å². The van der Waals surface area contributed by atoms with Crippen molar-refractivity contribution in [3.63, 3.8) is 0 Å². The van der Waals surface area contributed by atoms with Gasteiger partial charge in [0.2, 0.25) is 0 Å². The van der Waals surface area contributed by atoms with Crippen molar-refractivity contribution >= 4 is 29.2 Å². The highest BCUT2D eigenvalue weighted by Gasteiger charge is 2.16. The fraction of sp³-hybridized carbons (Fsp3) is 0.286. The van der Waals surface area contributed by atoms with Crippen LogP contribution in [-0.2, 0) is 19.1 Å². The number of rotatable bonds is 7. The Bertz CT molecular complexity index is 490. The Morgan fingerprint density at radius 1 is 1.45 bits per heavy atom. The maximum atomic E-state index is 11.6. The van der Waals surface area contributed by atoms with Gasteiger partial charge in [-0.1, -0.05) is 29.8 Å². The number of para-hydroxylation sites is 1. The molecule has 1 amide bonds. The topological polar surface area (TPSA) is 64.6 Å². The van der Waals surface area contributed by atoms with Crippen LogP contribution in [0.2, 0.25) is 5.02 Å². The molecule has 5 nitrogen and oxygen atoms in total. The number of carbonyl (C=O) groups is 2. The standard InChI is InChI=1S/C14H16ClNO4/c1-3-8-19-10(2)14(18)20-9-13(17)16-12-7-5-4-6-11(12)15/h3-7,10H,1,8-9H2,2H3,(H,16,17). The molecule has 108 valence electrons. The normalized spacial score (nSPS) is 11.5. The Morgan fingerprint density at radius 3 is 2.80 bits per heavy atom. The van der Waals surface area contributed by atoms with Crippen molar-refractivity contribution in [2.75, 3.05) is 18.5 Å². The third-order valence-electron chi connectivity index (χ3n) is 2.29. The number of carbonyl (C=O) groups excluding carboxylic acids is 2. The van der Waals surface area contributed by atoms with Crippen molar-refractivity contribution in [1.82, 2.24) is 0 Å². The largest absolute Gasteiger partial charge is 0.454 e. The highest BCUT2D eigenvalue weighted by molar-refractivity contribution is 6.33. The Balaban J connectivity index is 2.38. The average molecular weight is 298 g/mol. The molecule has 0 heterocycles. The molecule has 6 heteroatoms. The monoisotopic (exact) mass is 297 g/mol. The number of amides is 1. The van der Waals surface area contributed by atoms with Crippen molar-refractivity contribution in [1.29, 1.82) is 0 Å². The van der Waals surface area contributed by atoms with Gasteiger partial charge in [0.25, 0.3) is 5.91 Å². The smallest absolute Gasteiger partial charge is 0.335 e. The molecule has 0 aliphatic heterocycles. The number of anilines is 1. The molecule has 0 bridgehead atoms. The van der Waals surface area contributed by atoms with E-state index in [0.29, 0.717) is 10.7 Å². The summed E-state index contributed by atoms with van der Waals surface area (Å²) in [7, 11) is 0. The molecule has 1 atom stereocenters. The zero-order valence-corrected chi connectivity index (χ0v) is 11.9. The second-order valence-corrected chi connectivity index (χ2v) is 4.31. The lowest BCUT2D eigenvalue weighted by atomic mass is 10.3. The molecule has 0 aliphatic rings. The molecule has 0 spiro atoms. The van der Waals surface area contributed by atoms with E-state index in [9.17, 15) is 9.59 Å². The van der Waals surface area contributed by atoms with E-state index in [0.717, 1.165) is 0 Å². The van der Waals surface area contributed by atoms with E-state index in [4.69, 9.17) is 21.1 Å². The molecule has 1 aromatic rings. The van der Waals surface area contributed by atoms with Crippen molar-refractivity contribution in [2.24, 2.45) is 0 Å². The summed E-state index contributed by atoms with van der Waals surface area (Å²) >= 11 is 5.89. The van der Waals surface area contributed by atoms with Crippen LogP contribution in [0.5, 0.6) is 0 Å². The van der Waals surface area contributed by atoms with Gasteiger partial charge in [0, 0.05) is 0 Å². The van der Waals surface area contributed by atoms with E-state index < -0.39 is 24.6 Å². The fourth-order valence-electron chi connectivity index (χ4n) is 1.28. The number of benzene rings is 1. The van der Waals surface area contributed by atoms with Gasteiger partial charge in [0.05, 0.1) is 17.3 Å². The van der Waals surface area contributed by atoms with Gasteiger partial charge >= 0.3 is 5.97 Å². The van der Waals surface area contributed by atoms with Crippen LogP contribution >= 0.6 is 11.6 Å². The summed E-state index contributed by atoms with van der Waals surface area (Å²) in [5.41, 5.74) is 0.464. The molecular formula is C14H16ClNO4. The number of hydrogen-bond donors (Lipinski definition) is 1. The summed E-state index contributed by atoms with van der Waals surface area (Å²) in [5.74, 6) is -1.08. The second-order valence-electron chi connectivity index (χ2n) is 3.90. The molecule has 0 radical (unpaired) electrons. The van der Waals surface area contributed by atoms with Crippen molar-refractivity contribution in [2.45, 2.75) is 13.0 Å². The minimum absolute atomic E-state index is 0.238. The van der Waals surface area contributed by atoms with Gasteiger partial charge in [0.15, 0.2) is 12.7 Å². The van der Waals surface area contributed by atoms with Crippen LogP contribution in [0.4, 0.5) is 5.69 Å². The van der Waals surface area contributed by atoms with Crippen molar-refractivity contribution in [3.8, 4) is 0 Å². The highest BCUT2D eigenvalue weighted by atomic mass is 35.5. The van der Waals surface area contributed by atoms with Gasteiger partial charge in [-0.25, -0.2) is 4.79 Å². The van der Waals surface area contributed by atoms with Crippen LogP contribution in [0.25, 0.3) is 0 Å². The zero-order valence-electron chi connectivity index (χ0n) is 11.1. The third-order valence-corrected chi connectivity index (χ3v) is 2.62. The quantitative estimate of drug-likeness (QED) is 0.620. The predicted octanol–water partition coefficient (Wildman–Crippen LogP) is 2.41. The van der Waals surface area contributed by atoms with E-state index in [2.05, 4.69) is 11.9 Å². The molecule has 0 saturated heterocycles. The average Bonchev–Trinajstić information content (AvgIpc) is 2.44. The van der Waals surface area contributed by atoms with Crippen LogP contribution in [0.1, 0.15) is 6.92 Å². The fourth-order valence-corrected chi connectivity index (χ4v) is 1.47. The first-order chi connectivity index (χ1) is 9.54. The van der Waals surface area contributed by atoms with Crippen molar-refractivity contribution in [3.05, 3.63) is 41.9 Å². The first-order valence-corrected chi connectivity index (χ1v) is 6.36. The third kappa shape index (κ3) is 5.42. The van der Waals surface area contributed by atoms with Gasteiger partial charge < -0.3 is 14.8 Å². The number of esters is 1. The van der Waals surface area contributed by atoms with E-state index >= 15 is 0 Å². The van der Waals surface area contributed by atoms with Crippen LogP contribution in [0.15, 0.2) is 36.9 Å². The maximum Gasteiger partial charge on any atom is 0.335 e. The Kier molecular flexibility index (Phi) is 6.76. The molecule has 0 saturated carbocycles. The highest BCUT2D eigenvalue weighted by Crippen LogP contribution is 2.20. The second kappa shape index (κ2) is 8.35. The van der Waals surface area contributed by atoms with Gasteiger partial charge in [-0.05, 0) is 19.1 Å². The van der Waals surface area contributed by atoms with Gasteiger partial charge in [-0.2, -0.15) is 0 Å². The Hall–Kier alpha value is -1.85. The van der Waals surface area contributed by atoms with Gasteiger partial charge in [-0.15, -0.1) is 6.58 Å². The summed E-state index contributed by atoms with van der Waals surface area (Å²) in [4.78, 5) is 23.1. The minimum Gasteiger partial charge on any atom is -0.454 e. The lowest BCUT2D eigenvalue weighted by molar-refractivity contribution is -0.157. The number of ether oxygens (including phenoxy) is 2. The van der Waals surface area contributed by atoms with Crippen LogP contribution < -0.4 is 5.32 Å². The first-order valence-electron chi connectivity index (χ1n) is 5.98. The summed E-state index contributed by atoms with van der Waals surface area (Å²) in [6.07, 6.45) is 0.773. The maximum absolute atomic E-state index is 11.6. The summed E-state index contributed by atoms with van der Waals surface area (Å²) < 4.78 is 9.90. The minimum atomic E-state index is -0.749. The summed E-state index contributed by atoms with van der Waals surface area (Å²) in [6.45, 7) is 4.85. The lowest BCUT2D eigenvalue weighted by Crippen LogP contribution is -2.28. The lowest BCUT2D eigenvalue weighted by Gasteiger charge is -2.11. The van der Waals surface area contributed by atoms with Crippen LogP contribution in [-0.4, -0.2) is 31.2 Å². The molecule has 20 heavy (non-hydrogen) atoms. The molecule has 1 rings (SSSR count). The SMILES string of the molecule is C=CCOC(C)C(=O)OCC(=O)Nc1ccccc1Cl. The molecule has 1 aromatic carbocycles. The molecule has 1 unspecified atom stereocenters. The molecule has 1 N–H and O–H groups in total. The molecule has 0 fully saturated rings. The number of hydrogen-bond acceptors (Lipinski definition) is 4.